The Morgan fingerprint density at radius 1 is 1.00 bits per heavy atom. The van der Waals surface area contributed by atoms with Gasteiger partial charge >= 0.3 is 18.1 Å². The molecule has 0 atom stereocenters. The molecule has 0 aliphatic rings. The molecule has 0 unspecified atom stereocenters. The third kappa shape index (κ3) is 8.24. The number of benzene rings is 2. The number of nitrogens with one attached hydrogen (secondary N) is 1. The average molecular weight is 613 g/mol. The number of aromatic carboxylic acids is 1. The fraction of sp³-hybridized carbons (Fsp3) is 0.393. The highest BCUT2D eigenvalue weighted by atomic mass is 32.2. The van der Waals surface area contributed by atoms with Gasteiger partial charge in [-0.1, -0.05) is 6.07 Å². The lowest BCUT2D eigenvalue weighted by molar-refractivity contribution is -0.192. The highest BCUT2D eigenvalue weighted by Gasteiger charge is 2.38. The number of aromatic nitrogens is 2. The first-order valence-electron chi connectivity index (χ1n) is 12.8. The summed E-state index contributed by atoms with van der Waals surface area (Å²) >= 11 is 0. The second kappa shape index (κ2) is 13.3. The SMILES string of the molecule is CCn1nc(C)c(CCN(C)c2ccc(NS(=O)(=O)c3cc(C)c(C)cc3C)cc2C(=O)O)c1C.O=C(O)C(F)(F)F. The molecule has 3 rings (SSSR count). The lowest BCUT2D eigenvalue weighted by Crippen LogP contribution is -2.23. The topological polar surface area (TPSA) is 142 Å². The van der Waals surface area contributed by atoms with E-state index in [2.05, 4.69) is 9.82 Å². The van der Waals surface area contributed by atoms with Gasteiger partial charge < -0.3 is 15.1 Å². The number of anilines is 2. The number of sulfonamides is 1. The van der Waals surface area contributed by atoms with E-state index in [1.165, 1.54) is 6.07 Å². The van der Waals surface area contributed by atoms with E-state index in [4.69, 9.17) is 9.90 Å². The van der Waals surface area contributed by atoms with Gasteiger partial charge in [-0.25, -0.2) is 18.0 Å². The molecule has 3 N–H and O–H groups in total. The van der Waals surface area contributed by atoms with Crippen molar-refractivity contribution in [3.05, 3.63) is 69.5 Å². The predicted octanol–water partition coefficient (Wildman–Crippen LogP) is 5.26. The van der Waals surface area contributed by atoms with E-state index in [1.807, 2.05) is 57.3 Å². The van der Waals surface area contributed by atoms with Crippen LogP contribution in [0.1, 0.15) is 50.9 Å². The molecule has 0 aliphatic heterocycles. The van der Waals surface area contributed by atoms with Crippen LogP contribution in [-0.4, -0.2) is 60.1 Å². The third-order valence-electron chi connectivity index (χ3n) is 6.74. The van der Waals surface area contributed by atoms with Crippen molar-refractivity contribution in [1.82, 2.24) is 9.78 Å². The number of halogens is 3. The monoisotopic (exact) mass is 612 g/mol. The van der Waals surface area contributed by atoms with Crippen LogP contribution < -0.4 is 9.62 Å². The van der Waals surface area contributed by atoms with Gasteiger partial charge in [0.25, 0.3) is 10.0 Å². The smallest absolute Gasteiger partial charge is 0.478 e. The molecular formula is C28H35F3N4O6S. The fourth-order valence-corrected chi connectivity index (χ4v) is 5.70. The maximum Gasteiger partial charge on any atom is 0.490 e. The van der Waals surface area contributed by atoms with E-state index in [9.17, 15) is 31.5 Å². The van der Waals surface area contributed by atoms with Crippen molar-refractivity contribution in [3.8, 4) is 0 Å². The van der Waals surface area contributed by atoms with Crippen LogP contribution in [0.25, 0.3) is 0 Å². The fourth-order valence-electron chi connectivity index (χ4n) is 4.34. The summed E-state index contributed by atoms with van der Waals surface area (Å²) in [4.78, 5) is 23.0. The van der Waals surface area contributed by atoms with Gasteiger partial charge in [0.1, 0.15) is 0 Å². The number of hydrogen-bond donors (Lipinski definition) is 3. The minimum Gasteiger partial charge on any atom is -0.478 e. The Labute approximate surface area is 242 Å². The summed E-state index contributed by atoms with van der Waals surface area (Å²) in [5.41, 5.74) is 6.50. The Morgan fingerprint density at radius 3 is 2.07 bits per heavy atom. The number of aryl methyl sites for hydroxylation is 5. The van der Waals surface area contributed by atoms with Crippen LogP contribution in [-0.2, 0) is 27.8 Å². The van der Waals surface area contributed by atoms with Crippen molar-refractivity contribution in [1.29, 1.82) is 0 Å². The van der Waals surface area contributed by atoms with Crippen LogP contribution in [0.5, 0.6) is 0 Å². The molecule has 1 heterocycles. The number of hydrogen-bond acceptors (Lipinski definition) is 6. The molecule has 10 nitrogen and oxygen atoms in total. The Balaban J connectivity index is 0.000000782. The van der Waals surface area contributed by atoms with Crippen LogP contribution >= 0.6 is 0 Å². The van der Waals surface area contributed by atoms with Crippen LogP contribution in [0.2, 0.25) is 0 Å². The number of alkyl halides is 3. The predicted molar refractivity (Wildman–Crippen MR) is 153 cm³/mol. The molecule has 0 aliphatic carbocycles. The molecule has 0 saturated carbocycles. The van der Waals surface area contributed by atoms with Crippen LogP contribution in [0.15, 0.2) is 35.2 Å². The van der Waals surface area contributed by atoms with Gasteiger partial charge in [0.05, 0.1) is 21.8 Å². The Bertz CT molecular complexity index is 1580. The summed E-state index contributed by atoms with van der Waals surface area (Å²) in [7, 11) is -2.05. The van der Waals surface area contributed by atoms with E-state index in [0.717, 1.165) is 34.6 Å². The molecule has 0 fully saturated rings. The second-order valence-electron chi connectivity index (χ2n) is 9.78. The largest absolute Gasteiger partial charge is 0.490 e. The molecule has 0 radical (unpaired) electrons. The third-order valence-corrected chi connectivity index (χ3v) is 8.27. The van der Waals surface area contributed by atoms with Gasteiger partial charge in [0.15, 0.2) is 0 Å². The molecule has 0 amide bonds. The first kappa shape index (κ1) is 34.1. The normalized spacial score (nSPS) is 11.5. The minimum atomic E-state index is -5.08. The average Bonchev–Trinajstić information content (AvgIpc) is 3.16. The summed E-state index contributed by atoms with van der Waals surface area (Å²) in [5.74, 6) is -3.88. The van der Waals surface area contributed by atoms with E-state index in [1.54, 1.807) is 25.1 Å². The first-order chi connectivity index (χ1) is 19.3. The highest BCUT2D eigenvalue weighted by Crippen LogP contribution is 2.28. The zero-order valence-corrected chi connectivity index (χ0v) is 25.2. The van der Waals surface area contributed by atoms with Crippen LogP contribution in [0.3, 0.4) is 0 Å². The van der Waals surface area contributed by atoms with E-state index >= 15 is 0 Å². The van der Waals surface area contributed by atoms with Gasteiger partial charge in [-0.3, -0.25) is 9.40 Å². The van der Waals surface area contributed by atoms with E-state index in [0.29, 0.717) is 24.2 Å². The number of carboxylic acids is 2. The number of rotatable bonds is 9. The molecule has 0 saturated heterocycles. The Kier molecular flexibility index (Phi) is 10.8. The number of nitrogens with zero attached hydrogens (tertiary/aromatic N) is 3. The minimum absolute atomic E-state index is 0.0298. The molecule has 3 aromatic rings. The van der Waals surface area contributed by atoms with Gasteiger partial charge in [-0.05, 0) is 94.5 Å². The quantitative estimate of drug-likeness (QED) is 0.297. The van der Waals surface area contributed by atoms with Crippen molar-refractivity contribution in [3.63, 3.8) is 0 Å². The summed E-state index contributed by atoms with van der Waals surface area (Å²) in [5, 5.41) is 21.5. The summed E-state index contributed by atoms with van der Waals surface area (Å²) in [6.45, 7) is 13.0. The van der Waals surface area contributed by atoms with Crippen molar-refractivity contribution >= 4 is 33.3 Å². The van der Waals surface area contributed by atoms with Crippen molar-refractivity contribution < 1.29 is 41.4 Å². The second-order valence-corrected chi connectivity index (χ2v) is 11.4. The zero-order valence-electron chi connectivity index (χ0n) is 24.4. The lowest BCUT2D eigenvalue weighted by Gasteiger charge is -2.22. The lowest BCUT2D eigenvalue weighted by atomic mass is 10.1. The molecule has 1 aromatic heterocycles. The van der Waals surface area contributed by atoms with Crippen LogP contribution in [0.4, 0.5) is 24.5 Å². The van der Waals surface area contributed by atoms with Crippen molar-refractivity contribution in [2.75, 3.05) is 23.2 Å². The number of aliphatic carboxylic acids is 1. The first-order valence-corrected chi connectivity index (χ1v) is 14.3. The Hall–Kier alpha value is -4.07. The highest BCUT2D eigenvalue weighted by molar-refractivity contribution is 7.92. The van der Waals surface area contributed by atoms with Crippen molar-refractivity contribution in [2.24, 2.45) is 0 Å². The molecule has 14 heteroatoms. The summed E-state index contributed by atoms with van der Waals surface area (Å²) in [6, 6.07) is 8.07. The van der Waals surface area contributed by atoms with Crippen LogP contribution in [0, 0.1) is 34.6 Å². The van der Waals surface area contributed by atoms with E-state index < -0.39 is 28.1 Å². The standard InChI is InChI=1S/C26H34N4O4S.C2HF3O2/c1-8-30-20(6)22(19(5)27-30)11-12-29(7)24-10-9-21(15-23(24)26(31)32)28-35(33,34)25-14-17(3)16(2)13-18(25)4;3-2(4,5)1(6)7/h9-10,13-15,28H,8,11-12H2,1-7H3,(H,31,32);(H,6,7). The summed E-state index contributed by atoms with van der Waals surface area (Å²) in [6.07, 6.45) is -4.37. The maximum absolute atomic E-state index is 13.1. The van der Waals surface area contributed by atoms with E-state index in [-0.39, 0.29) is 16.1 Å². The zero-order chi connectivity index (χ0) is 32.2. The number of likely N-dealkylation sites (N-methyl/N-ethyl adjacent to an activating group) is 1. The number of carboxylic acid groups (broad SMARTS) is 2. The molecule has 2 aromatic carbocycles. The Morgan fingerprint density at radius 2 is 1.57 bits per heavy atom. The van der Waals surface area contributed by atoms with Gasteiger partial charge in [0, 0.05) is 31.5 Å². The molecule has 0 spiro atoms. The van der Waals surface area contributed by atoms with Gasteiger partial charge in [-0.15, -0.1) is 0 Å². The summed E-state index contributed by atoms with van der Waals surface area (Å²) < 4.78 is 62.4. The molecular weight excluding hydrogens is 577 g/mol. The molecule has 230 valence electrons. The molecule has 0 bridgehead atoms. The molecule has 42 heavy (non-hydrogen) atoms. The van der Waals surface area contributed by atoms with Gasteiger partial charge in [0.2, 0.25) is 0 Å². The van der Waals surface area contributed by atoms with Crippen molar-refractivity contribution in [2.45, 2.75) is 65.6 Å². The number of carbonyl (C=O) groups is 2. The van der Waals surface area contributed by atoms with Gasteiger partial charge in [-0.2, -0.15) is 18.3 Å². The maximum atomic E-state index is 13.1.